The Kier molecular flexibility index (Phi) is 5.20. The first-order chi connectivity index (χ1) is 12.1. The summed E-state index contributed by atoms with van der Waals surface area (Å²) < 4.78 is 0. The zero-order valence-electron chi connectivity index (χ0n) is 13.7. The van der Waals surface area contributed by atoms with Crippen LogP contribution in [0.4, 0.5) is 11.4 Å². The Bertz CT molecular complexity index is 803. The van der Waals surface area contributed by atoms with E-state index in [1.165, 1.54) is 23.3 Å². The van der Waals surface area contributed by atoms with Gasteiger partial charge in [-0.2, -0.15) is 0 Å². The van der Waals surface area contributed by atoms with Crippen LogP contribution in [0.1, 0.15) is 12.0 Å². The minimum absolute atomic E-state index is 0.0359. The standard InChI is InChI=1S/C19H19N3O3/c23-19(20-17-7-4-8-18(13-17)22(24)25)14-21-11-9-16(10-12-21)15-5-2-1-3-6-15/h1-9,13H,10-12,14H2,(H,20,23). The Morgan fingerprint density at radius 1 is 1.16 bits per heavy atom. The summed E-state index contributed by atoms with van der Waals surface area (Å²) in [5.74, 6) is -0.169. The summed E-state index contributed by atoms with van der Waals surface area (Å²) in [6.07, 6.45) is 3.05. The van der Waals surface area contributed by atoms with E-state index in [0.717, 1.165) is 13.0 Å². The molecule has 128 valence electrons. The van der Waals surface area contributed by atoms with Crippen molar-refractivity contribution in [2.75, 3.05) is 25.0 Å². The molecule has 0 aliphatic carbocycles. The van der Waals surface area contributed by atoms with Gasteiger partial charge in [0.2, 0.25) is 5.91 Å². The van der Waals surface area contributed by atoms with Crippen molar-refractivity contribution < 1.29 is 9.72 Å². The van der Waals surface area contributed by atoms with Crippen molar-refractivity contribution in [3.63, 3.8) is 0 Å². The number of carbonyl (C=O) groups excluding carboxylic acids is 1. The molecule has 2 aromatic carbocycles. The lowest BCUT2D eigenvalue weighted by molar-refractivity contribution is -0.384. The number of amides is 1. The number of non-ortho nitro benzene ring substituents is 1. The molecule has 0 bridgehead atoms. The third kappa shape index (κ3) is 4.51. The molecule has 0 radical (unpaired) electrons. The van der Waals surface area contributed by atoms with Crippen molar-refractivity contribution in [2.24, 2.45) is 0 Å². The average Bonchev–Trinajstić information content (AvgIpc) is 2.63. The minimum atomic E-state index is -0.476. The second-order valence-electron chi connectivity index (χ2n) is 5.94. The molecule has 0 spiro atoms. The van der Waals surface area contributed by atoms with E-state index in [0.29, 0.717) is 12.2 Å². The van der Waals surface area contributed by atoms with Crippen LogP contribution in [0.2, 0.25) is 0 Å². The largest absolute Gasteiger partial charge is 0.325 e. The molecule has 0 fully saturated rings. The maximum Gasteiger partial charge on any atom is 0.271 e. The number of nitro benzene ring substituents is 1. The fourth-order valence-electron chi connectivity index (χ4n) is 2.87. The van der Waals surface area contributed by atoms with Gasteiger partial charge in [0.25, 0.3) is 5.69 Å². The number of benzene rings is 2. The number of hydrogen-bond acceptors (Lipinski definition) is 4. The molecule has 2 aromatic rings. The molecule has 6 nitrogen and oxygen atoms in total. The molecule has 3 rings (SSSR count). The maximum absolute atomic E-state index is 12.2. The molecule has 1 amide bonds. The lowest BCUT2D eigenvalue weighted by Gasteiger charge is -2.25. The van der Waals surface area contributed by atoms with E-state index in [4.69, 9.17) is 0 Å². The maximum atomic E-state index is 12.2. The molecule has 0 saturated carbocycles. The molecule has 1 aliphatic heterocycles. The highest BCUT2D eigenvalue weighted by molar-refractivity contribution is 5.92. The number of rotatable bonds is 5. The molecule has 0 saturated heterocycles. The molecule has 0 atom stereocenters. The lowest BCUT2D eigenvalue weighted by atomic mass is 10.00. The summed E-state index contributed by atoms with van der Waals surface area (Å²) in [5, 5.41) is 13.5. The number of nitrogens with zero attached hydrogens (tertiary/aromatic N) is 2. The zero-order valence-corrected chi connectivity index (χ0v) is 13.7. The highest BCUT2D eigenvalue weighted by Gasteiger charge is 2.16. The van der Waals surface area contributed by atoms with Crippen molar-refractivity contribution in [3.05, 3.63) is 76.4 Å². The van der Waals surface area contributed by atoms with Crippen LogP contribution >= 0.6 is 0 Å². The summed E-state index contributed by atoms with van der Waals surface area (Å²) in [7, 11) is 0. The first-order valence-electron chi connectivity index (χ1n) is 8.13. The van der Waals surface area contributed by atoms with Crippen molar-refractivity contribution in [1.82, 2.24) is 4.90 Å². The molecular weight excluding hydrogens is 318 g/mol. The van der Waals surface area contributed by atoms with E-state index in [-0.39, 0.29) is 18.1 Å². The first kappa shape index (κ1) is 16.9. The highest BCUT2D eigenvalue weighted by atomic mass is 16.6. The molecule has 0 aromatic heterocycles. The van der Waals surface area contributed by atoms with Crippen molar-refractivity contribution in [2.45, 2.75) is 6.42 Å². The van der Waals surface area contributed by atoms with Gasteiger partial charge in [-0.05, 0) is 23.6 Å². The predicted molar refractivity (Wildman–Crippen MR) is 97.2 cm³/mol. The summed E-state index contributed by atoms with van der Waals surface area (Å²) in [5.41, 5.74) is 2.93. The predicted octanol–water partition coefficient (Wildman–Crippen LogP) is 3.32. The van der Waals surface area contributed by atoms with Gasteiger partial charge in [-0.15, -0.1) is 0 Å². The van der Waals surface area contributed by atoms with Gasteiger partial charge in [0.05, 0.1) is 11.5 Å². The van der Waals surface area contributed by atoms with Gasteiger partial charge in [-0.25, -0.2) is 0 Å². The van der Waals surface area contributed by atoms with Crippen LogP contribution < -0.4 is 5.32 Å². The molecule has 25 heavy (non-hydrogen) atoms. The number of anilines is 1. The summed E-state index contributed by atoms with van der Waals surface area (Å²) in [4.78, 5) is 24.5. The smallest absolute Gasteiger partial charge is 0.271 e. The van der Waals surface area contributed by atoms with E-state index in [1.807, 2.05) is 18.2 Å². The number of nitro groups is 1. The zero-order chi connectivity index (χ0) is 17.6. The molecule has 1 N–H and O–H groups in total. The Balaban J connectivity index is 1.55. The van der Waals surface area contributed by atoms with Gasteiger partial charge in [0.15, 0.2) is 0 Å². The quantitative estimate of drug-likeness (QED) is 0.671. The van der Waals surface area contributed by atoms with Gasteiger partial charge >= 0.3 is 0 Å². The van der Waals surface area contributed by atoms with Crippen molar-refractivity contribution in [1.29, 1.82) is 0 Å². The number of hydrogen-bond donors (Lipinski definition) is 1. The Labute approximate surface area is 145 Å². The second-order valence-corrected chi connectivity index (χ2v) is 5.94. The van der Waals surface area contributed by atoms with Gasteiger partial charge in [-0.3, -0.25) is 19.8 Å². The SMILES string of the molecule is O=C(CN1CC=C(c2ccccc2)CC1)Nc1cccc([N+](=O)[O-])c1. The van der Waals surface area contributed by atoms with Crippen LogP contribution in [-0.2, 0) is 4.79 Å². The van der Waals surface area contributed by atoms with Crippen LogP contribution in [0.5, 0.6) is 0 Å². The van der Waals surface area contributed by atoms with Crippen LogP contribution in [0.15, 0.2) is 60.7 Å². The van der Waals surface area contributed by atoms with E-state index >= 15 is 0 Å². The normalized spacial score (nSPS) is 14.6. The summed E-state index contributed by atoms with van der Waals surface area (Å²) >= 11 is 0. The number of carbonyl (C=O) groups is 1. The second kappa shape index (κ2) is 7.72. The molecular formula is C19H19N3O3. The fourth-order valence-corrected chi connectivity index (χ4v) is 2.87. The minimum Gasteiger partial charge on any atom is -0.325 e. The van der Waals surface area contributed by atoms with Gasteiger partial charge in [0.1, 0.15) is 0 Å². The topological polar surface area (TPSA) is 75.5 Å². The van der Waals surface area contributed by atoms with Crippen molar-refractivity contribution in [3.8, 4) is 0 Å². The molecule has 1 heterocycles. The number of nitrogens with one attached hydrogen (secondary N) is 1. The molecule has 1 aliphatic rings. The van der Waals surface area contributed by atoms with Crippen LogP contribution in [-0.4, -0.2) is 35.4 Å². The first-order valence-corrected chi connectivity index (χ1v) is 8.13. The van der Waals surface area contributed by atoms with Crippen LogP contribution in [0.3, 0.4) is 0 Å². The van der Waals surface area contributed by atoms with E-state index in [2.05, 4.69) is 28.4 Å². The average molecular weight is 337 g/mol. The Morgan fingerprint density at radius 2 is 1.96 bits per heavy atom. The molecule has 6 heteroatoms. The van der Waals surface area contributed by atoms with E-state index < -0.39 is 4.92 Å². The fraction of sp³-hybridized carbons (Fsp3) is 0.211. The summed E-state index contributed by atoms with van der Waals surface area (Å²) in [6, 6.07) is 16.2. The van der Waals surface area contributed by atoms with E-state index in [1.54, 1.807) is 12.1 Å². The van der Waals surface area contributed by atoms with Crippen molar-refractivity contribution >= 4 is 22.9 Å². The lowest BCUT2D eigenvalue weighted by Crippen LogP contribution is -2.36. The van der Waals surface area contributed by atoms with Gasteiger partial charge in [-0.1, -0.05) is 42.5 Å². The van der Waals surface area contributed by atoms with E-state index in [9.17, 15) is 14.9 Å². The van der Waals surface area contributed by atoms with Gasteiger partial charge < -0.3 is 5.32 Å². The third-order valence-electron chi connectivity index (χ3n) is 4.15. The third-order valence-corrected chi connectivity index (χ3v) is 4.15. The Morgan fingerprint density at radius 3 is 2.64 bits per heavy atom. The monoisotopic (exact) mass is 337 g/mol. The van der Waals surface area contributed by atoms with Crippen LogP contribution in [0.25, 0.3) is 5.57 Å². The Hall–Kier alpha value is -2.99. The molecule has 0 unspecified atom stereocenters. The van der Waals surface area contributed by atoms with Gasteiger partial charge in [0, 0.05) is 30.9 Å². The summed E-state index contributed by atoms with van der Waals surface area (Å²) in [6.45, 7) is 1.79. The van der Waals surface area contributed by atoms with Crippen LogP contribution in [0, 0.1) is 10.1 Å². The highest BCUT2D eigenvalue weighted by Crippen LogP contribution is 2.22.